The standard InChI is InChI=1S/C12H16BrN5O2S/c1-8-12(9(2)18(16-8)6-4-14)21(19,20)17-11-3-5-15-7-10(11)13/h3,5,7H,4,6,14H2,1-2H3,(H,15,17). The first kappa shape index (κ1) is 15.9. The summed E-state index contributed by atoms with van der Waals surface area (Å²) < 4.78 is 29.9. The number of halogens is 1. The average molecular weight is 374 g/mol. The van der Waals surface area contributed by atoms with Crippen LogP contribution < -0.4 is 10.5 Å². The van der Waals surface area contributed by atoms with Crippen LogP contribution in [0.2, 0.25) is 0 Å². The highest BCUT2D eigenvalue weighted by Gasteiger charge is 2.25. The molecule has 7 nitrogen and oxygen atoms in total. The number of rotatable bonds is 5. The molecule has 0 aliphatic rings. The van der Waals surface area contributed by atoms with Gasteiger partial charge in [-0.3, -0.25) is 14.4 Å². The maximum atomic E-state index is 12.6. The summed E-state index contributed by atoms with van der Waals surface area (Å²) in [5, 5.41) is 4.22. The summed E-state index contributed by atoms with van der Waals surface area (Å²) in [6, 6.07) is 1.58. The molecule has 2 aromatic heterocycles. The molecule has 0 saturated heterocycles. The average Bonchev–Trinajstić information content (AvgIpc) is 2.68. The smallest absolute Gasteiger partial charge is 0.265 e. The van der Waals surface area contributed by atoms with Crippen molar-refractivity contribution in [3.8, 4) is 0 Å². The minimum Gasteiger partial charge on any atom is -0.329 e. The molecule has 0 spiro atoms. The quantitative estimate of drug-likeness (QED) is 0.824. The third-order valence-corrected chi connectivity index (χ3v) is 5.19. The first-order valence-electron chi connectivity index (χ1n) is 6.23. The Labute approximate surface area is 131 Å². The molecule has 0 fully saturated rings. The van der Waals surface area contributed by atoms with Crippen molar-refractivity contribution in [2.75, 3.05) is 11.3 Å². The van der Waals surface area contributed by atoms with Crippen molar-refractivity contribution in [1.29, 1.82) is 0 Å². The molecule has 0 aliphatic heterocycles. The lowest BCUT2D eigenvalue weighted by atomic mass is 10.4. The molecule has 114 valence electrons. The van der Waals surface area contributed by atoms with Gasteiger partial charge in [0.05, 0.1) is 28.1 Å². The van der Waals surface area contributed by atoms with E-state index in [4.69, 9.17) is 5.73 Å². The van der Waals surface area contributed by atoms with Crippen molar-refractivity contribution in [1.82, 2.24) is 14.8 Å². The molecular formula is C12H16BrN5O2S. The third-order valence-electron chi connectivity index (χ3n) is 2.94. The van der Waals surface area contributed by atoms with Gasteiger partial charge < -0.3 is 5.73 Å². The summed E-state index contributed by atoms with van der Waals surface area (Å²) in [6.45, 7) is 4.24. The molecule has 0 saturated carbocycles. The predicted octanol–water partition coefficient (Wildman–Crippen LogP) is 1.42. The van der Waals surface area contributed by atoms with Gasteiger partial charge in [0, 0.05) is 18.9 Å². The van der Waals surface area contributed by atoms with E-state index in [1.807, 2.05) is 0 Å². The second kappa shape index (κ2) is 6.12. The Kier molecular flexibility index (Phi) is 4.64. The Morgan fingerprint density at radius 3 is 2.76 bits per heavy atom. The van der Waals surface area contributed by atoms with Gasteiger partial charge in [-0.15, -0.1) is 0 Å². The molecule has 0 bridgehead atoms. The highest BCUT2D eigenvalue weighted by molar-refractivity contribution is 9.10. The van der Waals surface area contributed by atoms with Crippen molar-refractivity contribution in [3.63, 3.8) is 0 Å². The van der Waals surface area contributed by atoms with E-state index >= 15 is 0 Å². The summed E-state index contributed by atoms with van der Waals surface area (Å²) in [5.41, 5.74) is 6.94. The van der Waals surface area contributed by atoms with Crippen LogP contribution in [0.1, 0.15) is 11.4 Å². The molecule has 9 heteroatoms. The monoisotopic (exact) mass is 373 g/mol. The maximum Gasteiger partial charge on any atom is 0.265 e. The Hall–Kier alpha value is -1.45. The molecule has 3 N–H and O–H groups in total. The van der Waals surface area contributed by atoms with Crippen molar-refractivity contribution < 1.29 is 8.42 Å². The van der Waals surface area contributed by atoms with Crippen molar-refractivity contribution in [2.45, 2.75) is 25.3 Å². The minimum atomic E-state index is -3.73. The molecule has 2 rings (SSSR count). The molecule has 21 heavy (non-hydrogen) atoms. The Balaban J connectivity index is 2.43. The molecule has 0 aromatic carbocycles. The third kappa shape index (κ3) is 3.25. The van der Waals surface area contributed by atoms with Crippen LogP contribution in [-0.4, -0.2) is 29.7 Å². The zero-order valence-corrected chi connectivity index (χ0v) is 14.1. The van der Waals surface area contributed by atoms with Crippen LogP contribution in [0, 0.1) is 13.8 Å². The van der Waals surface area contributed by atoms with Crippen molar-refractivity contribution in [3.05, 3.63) is 34.3 Å². The number of hydrogen-bond acceptors (Lipinski definition) is 5. The number of pyridine rings is 1. The highest BCUT2D eigenvalue weighted by atomic mass is 79.9. The second-order valence-electron chi connectivity index (χ2n) is 4.47. The number of anilines is 1. The van der Waals surface area contributed by atoms with Gasteiger partial charge in [0.25, 0.3) is 10.0 Å². The Bertz CT molecular complexity index is 757. The van der Waals surface area contributed by atoms with Gasteiger partial charge in [0.1, 0.15) is 4.90 Å². The molecule has 0 atom stereocenters. The van der Waals surface area contributed by atoms with Gasteiger partial charge in [-0.1, -0.05) is 0 Å². The largest absolute Gasteiger partial charge is 0.329 e. The van der Waals surface area contributed by atoms with E-state index < -0.39 is 10.0 Å². The summed E-state index contributed by atoms with van der Waals surface area (Å²) >= 11 is 3.26. The van der Waals surface area contributed by atoms with Crippen LogP contribution in [0.15, 0.2) is 27.8 Å². The van der Waals surface area contributed by atoms with Crippen LogP contribution in [-0.2, 0) is 16.6 Å². The lowest BCUT2D eigenvalue weighted by Crippen LogP contribution is -2.16. The normalized spacial score (nSPS) is 11.6. The minimum absolute atomic E-state index is 0.180. The number of nitrogens with zero attached hydrogens (tertiary/aromatic N) is 3. The van der Waals surface area contributed by atoms with Gasteiger partial charge in [0.2, 0.25) is 0 Å². The van der Waals surface area contributed by atoms with E-state index in [1.165, 1.54) is 12.4 Å². The predicted molar refractivity (Wildman–Crippen MR) is 83.5 cm³/mol. The van der Waals surface area contributed by atoms with E-state index in [-0.39, 0.29) is 4.90 Å². The maximum absolute atomic E-state index is 12.6. The first-order valence-corrected chi connectivity index (χ1v) is 8.51. The van der Waals surface area contributed by atoms with Gasteiger partial charge in [-0.05, 0) is 35.8 Å². The van der Waals surface area contributed by atoms with Crippen LogP contribution in [0.25, 0.3) is 0 Å². The van der Waals surface area contributed by atoms with Crippen LogP contribution in [0.3, 0.4) is 0 Å². The summed E-state index contributed by atoms with van der Waals surface area (Å²) in [4.78, 5) is 4.08. The topological polar surface area (TPSA) is 103 Å². The van der Waals surface area contributed by atoms with Gasteiger partial charge >= 0.3 is 0 Å². The number of nitrogens with two attached hydrogens (primary N) is 1. The molecule has 0 aliphatic carbocycles. The molecule has 0 radical (unpaired) electrons. The van der Waals surface area contributed by atoms with E-state index in [0.717, 1.165) is 0 Å². The Morgan fingerprint density at radius 2 is 2.14 bits per heavy atom. The summed E-state index contributed by atoms with van der Waals surface area (Å²) in [6.07, 6.45) is 3.04. The van der Waals surface area contributed by atoms with Crippen LogP contribution in [0.5, 0.6) is 0 Å². The number of sulfonamides is 1. The fourth-order valence-electron chi connectivity index (χ4n) is 2.06. The summed E-state index contributed by atoms with van der Waals surface area (Å²) in [5.74, 6) is 0. The lowest BCUT2D eigenvalue weighted by molar-refractivity contribution is 0.593. The zero-order chi connectivity index (χ0) is 15.6. The van der Waals surface area contributed by atoms with E-state index in [9.17, 15) is 8.42 Å². The first-order chi connectivity index (χ1) is 9.86. The Morgan fingerprint density at radius 1 is 1.43 bits per heavy atom. The number of aryl methyl sites for hydroxylation is 1. The second-order valence-corrected chi connectivity index (χ2v) is 6.95. The van der Waals surface area contributed by atoms with Crippen LogP contribution in [0.4, 0.5) is 5.69 Å². The van der Waals surface area contributed by atoms with E-state index in [1.54, 1.807) is 24.6 Å². The van der Waals surface area contributed by atoms with E-state index in [2.05, 4.69) is 30.7 Å². The summed E-state index contributed by atoms with van der Waals surface area (Å²) in [7, 11) is -3.73. The molecular weight excluding hydrogens is 358 g/mol. The van der Waals surface area contributed by atoms with Crippen molar-refractivity contribution >= 4 is 31.6 Å². The molecule has 0 unspecified atom stereocenters. The number of aromatic nitrogens is 3. The fourth-order valence-corrected chi connectivity index (χ4v) is 4.04. The number of nitrogens with one attached hydrogen (secondary N) is 1. The van der Waals surface area contributed by atoms with Crippen LogP contribution >= 0.6 is 15.9 Å². The van der Waals surface area contributed by atoms with Gasteiger partial charge in [0.15, 0.2) is 0 Å². The van der Waals surface area contributed by atoms with Gasteiger partial charge in [-0.2, -0.15) is 5.10 Å². The van der Waals surface area contributed by atoms with Gasteiger partial charge in [-0.25, -0.2) is 8.42 Å². The van der Waals surface area contributed by atoms with Crippen molar-refractivity contribution in [2.24, 2.45) is 5.73 Å². The molecule has 0 amide bonds. The lowest BCUT2D eigenvalue weighted by Gasteiger charge is -2.10. The highest BCUT2D eigenvalue weighted by Crippen LogP contribution is 2.26. The molecule has 2 aromatic rings. The van der Waals surface area contributed by atoms with E-state index in [0.29, 0.717) is 34.6 Å². The SMILES string of the molecule is Cc1nn(CCN)c(C)c1S(=O)(=O)Nc1ccncc1Br. The molecule has 2 heterocycles. The number of hydrogen-bond donors (Lipinski definition) is 2. The zero-order valence-electron chi connectivity index (χ0n) is 11.7. The fraction of sp³-hybridized carbons (Fsp3) is 0.333.